The normalized spacial score (nSPS) is 12.5. The summed E-state index contributed by atoms with van der Waals surface area (Å²) in [6, 6.07) is 0. The molecule has 0 aliphatic heterocycles. The Bertz CT molecular complexity index is 143. The van der Waals surface area contributed by atoms with Gasteiger partial charge in [-0.2, -0.15) is 0 Å². The van der Waals surface area contributed by atoms with Gasteiger partial charge in [-0.15, -0.1) is 0 Å². The molecular weight excluding hydrogens is 181 g/mol. The van der Waals surface area contributed by atoms with Gasteiger partial charge in [-0.25, -0.2) is 13.3 Å². The van der Waals surface area contributed by atoms with Gasteiger partial charge in [-0.05, 0) is 0 Å². The number of hydrogen-bond acceptors (Lipinski definition) is 4. The van der Waals surface area contributed by atoms with Crippen LogP contribution in [0, 0.1) is 0 Å². The van der Waals surface area contributed by atoms with Gasteiger partial charge in [0.15, 0.2) is 0 Å². The van der Waals surface area contributed by atoms with E-state index in [1.54, 1.807) is 0 Å². The topological polar surface area (TPSA) is 44.8 Å². The molecule has 0 aliphatic rings. The largest absolute Gasteiger partial charge is 0.474 e. The van der Waals surface area contributed by atoms with Crippen molar-refractivity contribution in [3.05, 3.63) is 0 Å². The third-order valence-corrected chi connectivity index (χ3v) is 2.17. The third-order valence-electron chi connectivity index (χ3n) is 0.806. The molecule has 11 heavy (non-hydrogen) atoms. The summed E-state index contributed by atoms with van der Waals surface area (Å²) in [5.41, 5.74) is 0. The average Bonchev–Trinajstić information content (AvgIpc) is 2.00. The van der Waals surface area contributed by atoms with E-state index in [2.05, 4.69) is 13.6 Å². The molecule has 0 atom stereocenters. The van der Waals surface area contributed by atoms with E-state index >= 15 is 0 Å². The molecule has 0 unspecified atom stereocenters. The summed E-state index contributed by atoms with van der Waals surface area (Å²) in [7, 11) is -1.61. The number of halogens is 2. The summed E-state index contributed by atoms with van der Waals surface area (Å²) in [5, 5.41) is 0. The van der Waals surface area contributed by atoms with Crippen molar-refractivity contribution in [2.45, 2.75) is 6.43 Å². The van der Waals surface area contributed by atoms with Crippen LogP contribution >= 0.6 is 7.82 Å². The maximum absolute atomic E-state index is 11.5. The van der Waals surface area contributed by atoms with Gasteiger partial charge in [-0.1, -0.05) is 0 Å². The molecule has 0 rings (SSSR count). The lowest BCUT2D eigenvalue weighted by Gasteiger charge is -2.12. The van der Waals surface area contributed by atoms with Crippen LogP contribution in [0.3, 0.4) is 0 Å². The summed E-state index contributed by atoms with van der Waals surface area (Å²) in [4.78, 5) is 0. The Labute approximate surface area is 63.1 Å². The molecule has 68 valence electrons. The highest BCUT2D eigenvalue weighted by Gasteiger charge is 2.24. The Morgan fingerprint density at radius 2 is 1.82 bits per heavy atom. The van der Waals surface area contributed by atoms with Crippen LogP contribution in [0.1, 0.15) is 0 Å². The molecule has 0 aliphatic carbocycles. The minimum Gasteiger partial charge on any atom is -0.290 e. The zero-order valence-electron chi connectivity index (χ0n) is 6.12. The maximum atomic E-state index is 11.5. The molecule has 0 saturated carbocycles. The first-order valence-electron chi connectivity index (χ1n) is 2.68. The van der Waals surface area contributed by atoms with Gasteiger partial charge in [0.2, 0.25) is 0 Å². The molecule has 0 fully saturated rings. The van der Waals surface area contributed by atoms with Gasteiger partial charge in [0.05, 0.1) is 0 Å². The van der Waals surface area contributed by atoms with E-state index in [4.69, 9.17) is 0 Å². The molecule has 0 saturated heterocycles. The van der Waals surface area contributed by atoms with Crippen molar-refractivity contribution in [1.29, 1.82) is 0 Å². The number of hydrogen-bond donors (Lipinski definition) is 0. The second-order valence-electron chi connectivity index (χ2n) is 1.50. The fourth-order valence-corrected chi connectivity index (χ4v) is 0.983. The van der Waals surface area contributed by atoms with Crippen molar-refractivity contribution < 1.29 is 26.9 Å². The number of phosphoric ester groups is 1. The SMILES string of the molecule is COP(=O)(OC)OCC(F)F. The van der Waals surface area contributed by atoms with Crippen molar-refractivity contribution >= 4 is 7.82 Å². The summed E-state index contributed by atoms with van der Waals surface area (Å²) >= 11 is 0. The molecule has 0 aromatic heterocycles. The Hall–Kier alpha value is -0.0300. The molecule has 0 radical (unpaired) electrons. The monoisotopic (exact) mass is 190 g/mol. The summed E-state index contributed by atoms with van der Waals surface area (Å²) < 4.78 is 46.4. The minimum absolute atomic E-state index is 0.959. The highest BCUT2D eigenvalue weighted by atomic mass is 31.2. The molecular formula is C4H9F2O4P. The van der Waals surface area contributed by atoms with Crippen LogP contribution in [0.25, 0.3) is 0 Å². The molecule has 4 nitrogen and oxygen atoms in total. The second-order valence-corrected chi connectivity index (χ2v) is 3.38. The fraction of sp³-hybridized carbons (Fsp3) is 1.00. The molecule has 0 amide bonds. The van der Waals surface area contributed by atoms with Gasteiger partial charge in [0.1, 0.15) is 6.61 Å². The van der Waals surface area contributed by atoms with Gasteiger partial charge in [-0.3, -0.25) is 13.6 Å². The van der Waals surface area contributed by atoms with Crippen molar-refractivity contribution in [3.63, 3.8) is 0 Å². The second kappa shape index (κ2) is 4.77. The maximum Gasteiger partial charge on any atom is 0.474 e. The van der Waals surface area contributed by atoms with E-state index in [0.29, 0.717) is 0 Å². The smallest absolute Gasteiger partial charge is 0.290 e. The lowest BCUT2D eigenvalue weighted by molar-refractivity contribution is 0.0540. The zero-order chi connectivity index (χ0) is 8.91. The Morgan fingerprint density at radius 1 is 1.36 bits per heavy atom. The summed E-state index contributed by atoms with van der Waals surface area (Å²) in [6.07, 6.45) is -2.69. The van der Waals surface area contributed by atoms with Gasteiger partial charge in [0.25, 0.3) is 6.43 Å². The first kappa shape index (κ1) is 11.0. The van der Waals surface area contributed by atoms with Crippen molar-refractivity contribution in [3.8, 4) is 0 Å². The average molecular weight is 190 g/mol. The van der Waals surface area contributed by atoms with Crippen molar-refractivity contribution in [1.82, 2.24) is 0 Å². The van der Waals surface area contributed by atoms with E-state index in [-0.39, 0.29) is 0 Å². The standard InChI is InChI=1S/C4H9F2O4P/c1-8-11(7,9-2)10-3-4(5)6/h4H,3H2,1-2H3. The molecule has 0 aromatic carbocycles. The first-order valence-corrected chi connectivity index (χ1v) is 4.14. The third kappa shape index (κ3) is 4.42. The first-order chi connectivity index (χ1) is 5.04. The van der Waals surface area contributed by atoms with Crippen molar-refractivity contribution in [2.24, 2.45) is 0 Å². The molecule has 0 heterocycles. The quantitative estimate of drug-likeness (QED) is 0.618. The molecule has 0 aromatic rings. The summed E-state index contributed by atoms with van der Waals surface area (Å²) in [6.45, 7) is -0.959. The summed E-state index contributed by atoms with van der Waals surface area (Å²) in [5.74, 6) is 0. The molecule has 7 heteroatoms. The van der Waals surface area contributed by atoms with Gasteiger partial charge >= 0.3 is 7.82 Å². The van der Waals surface area contributed by atoms with E-state index in [0.717, 1.165) is 14.2 Å². The minimum atomic E-state index is -3.72. The molecule has 0 spiro atoms. The lowest BCUT2D eigenvalue weighted by Crippen LogP contribution is -2.04. The Balaban J connectivity index is 3.79. The lowest BCUT2D eigenvalue weighted by atomic mass is 10.8. The van der Waals surface area contributed by atoms with Crippen LogP contribution in [0.5, 0.6) is 0 Å². The van der Waals surface area contributed by atoms with Crippen LogP contribution in [-0.4, -0.2) is 27.3 Å². The van der Waals surface area contributed by atoms with Crippen LogP contribution < -0.4 is 0 Å². The number of alkyl halides is 2. The predicted molar refractivity (Wildman–Crippen MR) is 33.6 cm³/mol. The van der Waals surface area contributed by atoms with Gasteiger partial charge in [0, 0.05) is 14.2 Å². The van der Waals surface area contributed by atoms with Crippen LogP contribution in [0.4, 0.5) is 8.78 Å². The van der Waals surface area contributed by atoms with E-state index in [1.807, 2.05) is 0 Å². The van der Waals surface area contributed by atoms with Gasteiger partial charge < -0.3 is 0 Å². The Morgan fingerprint density at radius 3 is 2.09 bits per heavy atom. The zero-order valence-corrected chi connectivity index (χ0v) is 7.02. The van der Waals surface area contributed by atoms with Crippen LogP contribution in [0.2, 0.25) is 0 Å². The highest BCUT2D eigenvalue weighted by molar-refractivity contribution is 7.48. The van der Waals surface area contributed by atoms with E-state index < -0.39 is 20.9 Å². The number of phosphoric acid groups is 1. The van der Waals surface area contributed by atoms with E-state index in [1.165, 1.54) is 0 Å². The van der Waals surface area contributed by atoms with Crippen LogP contribution in [0.15, 0.2) is 0 Å². The predicted octanol–water partition coefficient (Wildman–Crippen LogP) is 1.67. The number of rotatable bonds is 5. The fourth-order valence-electron chi connectivity index (χ4n) is 0.328. The Kier molecular flexibility index (Phi) is 4.76. The molecule has 0 N–H and O–H groups in total. The van der Waals surface area contributed by atoms with E-state index in [9.17, 15) is 13.3 Å². The van der Waals surface area contributed by atoms with Crippen LogP contribution in [-0.2, 0) is 18.1 Å². The molecule has 0 bridgehead atoms. The highest BCUT2D eigenvalue weighted by Crippen LogP contribution is 2.47. The van der Waals surface area contributed by atoms with Crippen molar-refractivity contribution in [2.75, 3.05) is 20.8 Å².